The Morgan fingerprint density at radius 1 is 1.60 bits per heavy atom. The highest BCUT2D eigenvalue weighted by molar-refractivity contribution is 5.85. The van der Waals surface area contributed by atoms with Crippen molar-refractivity contribution in [3.8, 4) is 6.07 Å². The Labute approximate surface area is 118 Å². The fourth-order valence-corrected chi connectivity index (χ4v) is 3.08. The van der Waals surface area contributed by atoms with Gasteiger partial charge in [0.25, 0.3) is 0 Å². The van der Waals surface area contributed by atoms with Gasteiger partial charge in [0.1, 0.15) is 17.4 Å². The Hall–Kier alpha value is -2.09. The van der Waals surface area contributed by atoms with Crippen LogP contribution in [0.4, 0.5) is 5.82 Å². The SMILES string of the molecule is CCC1(C(=O)O)CCCN1c1nc(C)cc(C)c1C#N. The molecule has 5 heteroatoms. The van der Waals surface area contributed by atoms with Crippen molar-refractivity contribution in [1.29, 1.82) is 5.26 Å². The van der Waals surface area contributed by atoms with Crippen molar-refractivity contribution in [1.82, 2.24) is 4.98 Å². The molecule has 0 saturated carbocycles. The first kappa shape index (κ1) is 14.3. The molecule has 1 aliphatic heterocycles. The molecule has 2 heterocycles. The molecule has 106 valence electrons. The first-order valence-electron chi connectivity index (χ1n) is 6.85. The number of carbonyl (C=O) groups is 1. The Balaban J connectivity index is 2.62. The molecular weight excluding hydrogens is 254 g/mol. The molecule has 1 N–H and O–H groups in total. The van der Waals surface area contributed by atoms with Crippen molar-refractivity contribution in [3.63, 3.8) is 0 Å². The molecule has 1 aromatic heterocycles. The van der Waals surface area contributed by atoms with Gasteiger partial charge in [0, 0.05) is 12.2 Å². The van der Waals surface area contributed by atoms with E-state index in [0.29, 0.717) is 30.8 Å². The third-order valence-electron chi connectivity index (χ3n) is 4.16. The predicted molar refractivity (Wildman–Crippen MR) is 75.7 cm³/mol. The number of nitrogens with zero attached hydrogens (tertiary/aromatic N) is 3. The predicted octanol–water partition coefficient (Wildman–Crippen LogP) is 2.40. The molecule has 0 radical (unpaired) electrons. The van der Waals surface area contributed by atoms with E-state index in [1.54, 1.807) is 0 Å². The quantitative estimate of drug-likeness (QED) is 0.915. The Morgan fingerprint density at radius 3 is 2.85 bits per heavy atom. The van der Waals surface area contributed by atoms with Crippen LogP contribution in [0.15, 0.2) is 6.07 Å². The number of rotatable bonds is 3. The van der Waals surface area contributed by atoms with Crippen molar-refractivity contribution in [2.75, 3.05) is 11.4 Å². The highest BCUT2D eigenvalue weighted by atomic mass is 16.4. The number of hydrogen-bond acceptors (Lipinski definition) is 4. The maximum atomic E-state index is 11.8. The van der Waals surface area contributed by atoms with Gasteiger partial charge in [-0.15, -0.1) is 0 Å². The van der Waals surface area contributed by atoms with Crippen LogP contribution < -0.4 is 4.90 Å². The van der Waals surface area contributed by atoms with E-state index in [9.17, 15) is 15.2 Å². The summed E-state index contributed by atoms with van der Waals surface area (Å²) in [7, 11) is 0. The Kier molecular flexibility index (Phi) is 3.67. The van der Waals surface area contributed by atoms with Crippen LogP contribution in [-0.2, 0) is 4.79 Å². The number of aromatic nitrogens is 1. The van der Waals surface area contributed by atoms with E-state index in [4.69, 9.17) is 0 Å². The summed E-state index contributed by atoms with van der Waals surface area (Å²) in [6.45, 7) is 6.23. The van der Waals surface area contributed by atoms with Gasteiger partial charge in [-0.1, -0.05) is 6.92 Å². The second-order valence-electron chi connectivity index (χ2n) is 5.34. The summed E-state index contributed by atoms with van der Waals surface area (Å²) in [5.74, 6) is -0.311. The summed E-state index contributed by atoms with van der Waals surface area (Å²) in [5, 5.41) is 19.0. The first-order chi connectivity index (χ1) is 9.46. The van der Waals surface area contributed by atoms with Crippen molar-refractivity contribution in [2.24, 2.45) is 0 Å². The number of hydrogen-bond donors (Lipinski definition) is 1. The van der Waals surface area contributed by atoms with Crippen molar-refractivity contribution >= 4 is 11.8 Å². The second-order valence-corrected chi connectivity index (χ2v) is 5.34. The van der Waals surface area contributed by atoms with E-state index in [1.807, 2.05) is 31.7 Å². The second kappa shape index (κ2) is 5.12. The third kappa shape index (κ3) is 2.01. The molecule has 0 bridgehead atoms. The zero-order valence-electron chi connectivity index (χ0n) is 12.1. The summed E-state index contributed by atoms with van der Waals surface area (Å²) >= 11 is 0. The highest BCUT2D eigenvalue weighted by Crippen LogP contribution is 2.38. The average Bonchev–Trinajstić information content (AvgIpc) is 2.82. The molecule has 5 nitrogen and oxygen atoms in total. The summed E-state index contributed by atoms with van der Waals surface area (Å²) in [6.07, 6.45) is 1.90. The monoisotopic (exact) mass is 273 g/mol. The molecular formula is C15H19N3O2. The summed E-state index contributed by atoms with van der Waals surface area (Å²) < 4.78 is 0. The summed E-state index contributed by atoms with van der Waals surface area (Å²) in [6, 6.07) is 4.03. The van der Waals surface area contributed by atoms with Gasteiger partial charge in [0.15, 0.2) is 0 Å². The minimum Gasteiger partial charge on any atom is -0.479 e. The zero-order chi connectivity index (χ0) is 14.9. The molecule has 0 aromatic carbocycles. The van der Waals surface area contributed by atoms with Crippen LogP contribution in [-0.4, -0.2) is 28.1 Å². The molecule has 1 aromatic rings. The van der Waals surface area contributed by atoms with Gasteiger partial charge in [-0.3, -0.25) is 0 Å². The fourth-order valence-electron chi connectivity index (χ4n) is 3.08. The van der Waals surface area contributed by atoms with Crippen LogP contribution in [0.25, 0.3) is 0 Å². The van der Waals surface area contributed by atoms with Crippen LogP contribution in [0.2, 0.25) is 0 Å². The third-order valence-corrected chi connectivity index (χ3v) is 4.16. The Bertz CT molecular complexity index is 592. The lowest BCUT2D eigenvalue weighted by Crippen LogP contribution is -2.51. The number of nitriles is 1. The molecule has 1 fully saturated rings. The lowest BCUT2D eigenvalue weighted by molar-refractivity contribution is -0.143. The van der Waals surface area contributed by atoms with E-state index in [2.05, 4.69) is 11.1 Å². The average molecular weight is 273 g/mol. The van der Waals surface area contributed by atoms with E-state index in [1.165, 1.54) is 0 Å². The van der Waals surface area contributed by atoms with Gasteiger partial charge < -0.3 is 10.0 Å². The maximum Gasteiger partial charge on any atom is 0.329 e. The number of pyridine rings is 1. The lowest BCUT2D eigenvalue weighted by atomic mass is 9.92. The van der Waals surface area contributed by atoms with Gasteiger partial charge in [-0.05, 0) is 44.7 Å². The largest absolute Gasteiger partial charge is 0.479 e. The lowest BCUT2D eigenvalue weighted by Gasteiger charge is -2.35. The summed E-state index contributed by atoms with van der Waals surface area (Å²) in [5.41, 5.74) is 1.20. The van der Waals surface area contributed by atoms with Crippen molar-refractivity contribution in [3.05, 3.63) is 22.9 Å². The first-order valence-corrected chi connectivity index (χ1v) is 6.85. The smallest absolute Gasteiger partial charge is 0.329 e. The normalized spacial score (nSPS) is 21.8. The van der Waals surface area contributed by atoms with Gasteiger partial charge in [0.2, 0.25) is 0 Å². The number of anilines is 1. The summed E-state index contributed by atoms with van der Waals surface area (Å²) in [4.78, 5) is 18.0. The minimum absolute atomic E-state index is 0.483. The van der Waals surface area contributed by atoms with E-state index < -0.39 is 11.5 Å². The van der Waals surface area contributed by atoms with E-state index >= 15 is 0 Å². The van der Waals surface area contributed by atoms with Gasteiger partial charge in [0.05, 0.1) is 5.56 Å². The Morgan fingerprint density at radius 2 is 2.30 bits per heavy atom. The number of aryl methyl sites for hydroxylation is 2. The van der Waals surface area contributed by atoms with Crippen LogP contribution in [0, 0.1) is 25.2 Å². The molecule has 2 rings (SSSR count). The number of carboxylic acid groups (broad SMARTS) is 1. The molecule has 1 unspecified atom stereocenters. The number of carboxylic acids is 1. The van der Waals surface area contributed by atoms with Crippen LogP contribution >= 0.6 is 0 Å². The van der Waals surface area contributed by atoms with Gasteiger partial charge in [-0.2, -0.15) is 5.26 Å². The fraction of sp³-hybridized carbons (Fsp3) is 0.533. The van der Waals surface area contributed by atoms with E-state index in [0.717, 1.165) is 17.7 Å². The van der Waals surface area contributed by atoms with Gasteiger partial charge in [-0.25, -0.2) is 9.78 Å². The molecule has 1 saturated heterocycles. The molecule has 20 heavy (non-hydrogen) atoms. The standard InChI is InChI=1S/C15H19N3O2/c1-4-15(14(19)20)6-5-7-18(15)13-12(9-16)10(2)8-11(3)17-13/h8H,4-7H2,1-3H3,(H,19,20). The van der Waals surface area contributed by atoms with Crippen molar-refractivity contribution < 1.29 is 9.90 Å². The van der Waals surface area contributed by atoms with Gasteiger partial charge >= 0.3 is 5.97 Å². The maximum absolute atomic E-state index is 11.8. The molecule has 1 atom stereocenters. The molecule has 0 amide bonds. The van der Waals surface area contributed by atoms with E-state index in [-0.39, 0.29) is 0 Å². The van der Waals surface area contributed by atoms with Crippen LogP contribution in [0.3, 0.4) is 0 Å². The van der Waals surface area contributed by atoms with Crippen LogP contribution in [0.5, 0.6) is 0 Å². The number of aliphatic carboxylic acids is 1. The van der Waals surface area contributed by atoms with Crippen LogP contribution in [0.1, 0.15) is 43.0 Å². The molecule has 0 spiro atoms. The molecule has 0 aliphatic carbocycles. The molecule has 1 aliphatic rings. The zero-order valence-corrected chi connectivity index (χ0v) is 12.1. The highest BCUT2D eigenvalue weighted by Gasteiger charge is 2.47. The topological polar surface area (TPSA) is 77.2 Å². The van der Waals surface area contributed by atoms with Crippen molar-refractivity contribution in [2.45, 2.75) is 45.6 Å². The minimum atomic E-state index is -0.932.